The van der Waals surface area contributed by atoms with Crippen molar-refractivity contribution in [3.05, 3.63) is 40.8 Å². The maximum absolute atomic E-state index is 12.0. The molecule has 0 unspecified atom stereocenters. The van der Waals surface area contributed by atoms with E-state index in [9.17, 15) is 4.79 Å². The maximum Gasteiger partial charge on any atom is 0.226 e. The highest BCUT2D eigenvalue weighted by Crippen LogP contribution is 2.34. The molecule has 0 aliphatic carbocycles. The number of methoxy groups -OCH3 is 1. The molecule has 3 rings (SSSR count). The zero-order valence-electron chi connectivity index (χ0n) is 13.5. The summed E-state index contributed by atoms with van der Waals surface area (Å²) in [6.07, 6.45) is 1.25. The lowest BCUT2D eigenvalue weighted by Gasteiger charge is -2.12. The Bertz CT molecular complexity index is 723. The van der Waals surface area contributed by atoms with Crippen molar-refractivity contribution in [2.45, 2.75) is 39.3 Å². The molecule has 1 N–H and O–H groups in total. The first-order chi connectivity index (χ1) is 11.0. The van der Waals surface area contributed by atoms with E-state index in [0.29, 0.717) is 18.0 Å². The van der Waals surface area contributed by atoms with Crippen LogP contribution in [-0.2, 0) is 24.2 Å². The van der Waals surface area contributed by atoms with Crippen LogP contribution in [0.4, 0.5) is 0 Å². The fourth-order valence-corrected chi connectivity index (χ4v) is 2.73. The van der Waals surface area contributed by atoms with E-state index in [1.807, 2.05) is 19.1 Å². The van der Waals surface area contributed by atoms with Crippen LogP contribution < -0.4 is 14.8 Å². The van der Waals surface area contributed by atoms with Gasteiger partial charge in [-0.3, -0.25) is 4.79 Å². The van der Waals surface area contributed by atoms with Gasteiger partial charge in [0.1, 0.15) is 23.4 Å². The van der Waals surface area contributed by atoms with Crippen molar-refractivity contribution in [1.29, 1.82) is 0 Å². The summed E-state index contributed by atoms with van der Waals surface area (Å²) in [5, 5.41) is 6.70. The molecule has 0 radical (unpaired) electrons. The van der Waals surface area contributed by atoms with E-state index in [0.717, 1.165) is 29.0 Å². The normalized spacial score (nSPS) is 15.9. The second kappa shape index (κ2) is 6.32. The van der Waals surface area contributed by atoms with Gasteiger partial charge in [-0.25, -0.2) is 0 Å². The fourth-order valence-electron chi connectivity index (χ4n) is 2.73. The number of amides is 1. The van der Waals surface area contributed by atoms with Crippen LogP contribution in [0.2, 0.25) is 0 Å². The Morgan fingerprint density at radius 3 is 2.96 bits per heavy atom. The van der Waals surface area contributed by atoms with Crippen molar-refractivity contribution in [3.8, 4) is 11.5 Å². The van der Waals surface area contributed by atoms with Crippen LogP contribution in [0.15, 0.2) is 22.7 Å². The molecule has 2 heterocycles. The van der Waals surface area contributed by atoms with E-state index >= 15 is 0 Å². The molecular formula is C17H20N2O4. The molecule has 1 aromatic carbocycles. The van der Waals surface area contributed by atoms with Crippen LogP contribution in [0.3, 0.4) is 0 Å². The number of fused-ring (bicyclic) bond motifs is 1. The average molecular weight is 316 g/mol. The summed E-state index contributed by atoms with van der Waals surface area (Å²) in [7, 11) is 1.63. The summed E-state index contributed by atoms with van der Waals surface area (Å²) in [6, 6.07) is 5.68. The first-order valence-corrected chi connectivity index (χ1v) is 7.60. The van der Waals surface area contributed by atoms with Crippen LogP contribution in [0, 0.1) is 6.92 Å². The number of aryl methyl sites for hydroxylation is 1. The molecule has 1 aliphatic rings. The predicted octanol–water partition coefficient (Wildman–Crippen LogP) is 2.17. The third-order valence-electron chi connectivity index (χ3n) is 3.79. The minimum absolute atomic E-state index is 0.116. The van der Waals surface area contributed by atoms with Gasteiger partial charge in [-0.05, 0) is 26.0 Å². The van der Waals surface area contributed by atoms with Gasteiger partial charge in [-0.1, -0.05) is 5.16 Å². The summed E-state index contributed by atoms with van der Waals surface area (Å²) in [5.41, 5.74) is 2.66. The third kappa shape index (κ3) is 3.47. The topological polar surface area (TPSA) is 73.6 Å². The van der Waals surface area contributed by atoms with Gasteiger partial charge in [0, 0.05) is 30.2 Å². The lowest BCUT2D eigenvalue weighted by molar-refractivity contribution is -0.120. The standard InChI is InChI=1S/C17H20N2O4/c1-10-4-12-6-15(21-3)13(7-16(12)22-10)9-18-17(20)8-14-5-11(2)23-19-14/h5-7,10H,4,8-9H2,1-3H3,(H,18,20)/t10-/m1/s1. The minimum atomic E-state index is -0.116. The molecule has 0 spiro atoms. The molecule has 0 saturated heterocycles. The zero-order valence-corrected chi connectivity index (χ0v) is 13.5. The highest BCUT2D eigenvalue weighted by molar-refractivity contribution is 5.78. The Balaban J connectivity index is 1.65. The molecule has 0 fully saturated rings. The monoisotopic (exact) mass is 316 g/mol. The van der Waals surface area contributed by atoms with E-state index in [-0.39, 0.29) is 18.4 Å². The summed E-state index contributed by atoms with van der Waals surface area (Å²) >= 11 is 0. The molecule has 6 heteroatoms. The average Bonchev–Trinajstić information content (AvgIpc) is 3.08. The molecule has 6 nitrogen and oxygen atoms in total. The Labute approximate surface area is 134 Å². The number of hydrogen-bond acceptors (Lipinski definition) is 5. The molecular weight excluding hydrogens is 296 g/mol. The first kappa shape index (κ1) is 15.4. The number of nitrogens with one attached hydrogen (secondary N) is 1. The summed E-state index contributed by atoms with van der Waals surface area (Å²) < 4.78 is 16.1. The maximum atomic E-state index is 12.0. The number of carbonyl (C=O) groups excluding carboxylic acids is 1. The van der Waals surface area contributed by atoms with Gasteiger partial charge in [0.2, 0.25) is 5.91 Å². The van der Waals surface area contributed by atoms with Gasteiger partial charge in [0.25, 0.3) is 0 Å². The Morgan fingerprint density at radius 1 is 1.43 bits per heavy atom. The molecule has 1 aromatic heterocycles. The van der Waals surface area contributed by atoms with Crippen LogP contribution in [-0.4, -0.2) is 24.3 Å². The van der Waals surface area contributed by atoms with E-state index in [1.165, 1.54) is 0 Å². The second-order valence-corrected chi connectivity index (χ2v) is 5.79. The van der Waals surface area contributed by atoms with E-state index in [2.05, 4.69) is 10.5 Å². The van der Waals surface area contributed by atoms with Crippen LogP contribution in [0.5, 0.6) is 11.5 Å². The minimum Gasteiger partial charge on any atom is -0.496 e. The number of carbonyl (C=O) groups is 1. The second-order valence-electron chi connectivity index (χ2n) is 5.79. The van der Waals surface area contributed by atoms with Gasteiger partial charge >= 0.3 is 0 Å². The summed E-state index contributed by atoms with van der Waals surface area (Å²) in [5.74, 6) is 2.21. The lowest BCUT2D eigenvalue weighted by Crippen LogP contribution is -2.25. The predicted molar refractivity (Wildman–Crippen MR) is 83.6 cm³/mol. The van der Waals surface area contributed by atoms with E-state index in [4.69, 9.17) is 14.0 Å². The van der Waals surface area contributed by atoms with Gasteiger partial charge in [0.05, 0.1) is 19.2 Å². The van der Waals surface area contributed by atoms with Gasteiger partial charge in [-0.2, -0.15) is 0 Å². The number of aromatic nitrogens is 1. The van der Waals surface area contributed by atoms with Crippen molar-refractivity contribution in [2.75, 3.05) is 7.11 Å². The molecule has 1 amide bonds. The molecule has 0 saturated carbocycles. The van der Waals surface area contributed by atoms with Gasteiger partial charge < -0.3 is 19.3 Å². The van der Waals surface area contributed by atoms with Crippen LogP contribution in [0.1, 0.15) is 29.5 Å². The first-order valence-electron chi connectivity index (χ1n) is 7.60. The van der Waals surface area contributed by atoms with Gasteiger partial charge in [0.15, 0.2) is 0 Å². The number of rotatable bonds is 5. The molecule has 23 heavy (non-hydrogen) atoms. The van der Waals surface area contributed by atoms with Crippen molar-refractivity contribution < 1.29 is 18.8 Å². The quantitative estimate of drug-likeness (QED) is 0.915. The van der Waals surface area contributed by atoms with Crippen molar-refractivity contribution in [3.63, 3.8) is 0 Å². The molecule has 1 atom stereocenters. The molecule has 1 aliphatic heterocycles. The summed E-state index contributed by atoms with van der Waals surface area (Å²) in [6.45, 7) is 4.21. The number of hydrogen-bond donors (Lipinski definition) is 1. The highest BCUT2D eigenvalue weighted by atomic mass is 16.5. The molecule has 0 bridgehead atoms. The van der Waals surface area contributed by atoms with Crippen LogP contribution >= 0.6 is 0 Å². The largest absolute Gasteiger partial charge is 0.496 e. The Hall–Kier alpha value is -2.50. The fraction of sp³-hybridized carbons (Fsp3) is 0.412. The smallest absolute Gasteiger partial charge is 0.226 e. The summed E-state index contributed by atoms with van der Waals surface area (Å²) in [4.78, 5) is 12.0. The van der Waals surface area contributed by atoms with E-state index in [1.54, 1.807) is 20.1 Å². The Kier molecular flexibility index (Phi) is 4.23. The SMILES string of the molecule is COc1cc2c(cc1CNC(=O)Cc1cc(C)on1)O[C@H](C)C2. The molecule has 122 valence electrons. The van der Waals surface area contributed by atoms with Crippen LogP contribution in [0.25, 0.3) is 0 Å². The molecule has 2 aromatic rings. The third-order valence-corrected chi connectivity index (χ3v) is 3.79. The Morgan fingerprint density at radius 2 is 2.26 bits per heavy atom. The number of nitrogens with zero attached hydrogens (tertiary/aromatic N) is 1. The van der Waals surface area contributed by atoms with Gasteiger partial charge in [-0.15, -0.1) is 0 Å². The highest BCUT2D eigenvalue weighted by Gasteiger charge is 2.21. The zero-order chi connectivity index (χ0) is 16.4. The van der Waals surface area contributed by atoms with Crippen molar-refractivity contribution in [1.82, 2.24) is 10.5 Å². The lowest BCUT2D eigenvalue weighted by atomic mass is 10.1. The number of ether oxygens (including phenoxy) is 2. The van der Waals surface area contributed by atoms with Crippen molar-refractivity contribution >= 4 is 5.91 Å². The number of benzene rings is 1. The van der Waals surface area contributed by atoms with Crippen molar-refractivity contribution in [2.24, 2.45) is 0 Å². The van der Waals surface area contributed by atoms with E-state index < -0.39 is 0 Å².